The van der Waals surface area contributed by atoms with E-state index in [4.69, 9.17) is 0 Å². The lowest BCUT2D eigenvalue weighted by atomic mass is 10.1. The molecule has 3 heteroatoms. The molecule has 0 radical (unpaired) electrons. The van der Waals surface area contributed by atoms with Gasteiger partial charge in [-0.15, -0.1) is 0 Å². The van der Waals surface area contributed by atoms with Crippen LogP contribution in [0.4, 0.5) is 0 Å². The lowest BCUT2D eigenvalue weighted by Crippen LogP contribution is -2.30. The van der Waals surface area contributed by atoms with Crippen LogP contribution < -0.4 is 5.32 Å². The Morgan fingerprint density at radius 3 is 2.79 bits per heavy atom. The number of carbonyl (C=O) groups is 1. The summed E-state index contributed by atoms with van der Waals surface area (Å²) in [7, 11) is 0. The number of nitrogens with one attached hydrogen (secondary N) is 1. The lowest BCUT2D eigenvalue weighted by Gasteiger charge is -2.08. The van der Waals surface area contributed by atoms with Gasteiger partial charge < -0.3 is 5.32 Å². The summed E-state index contributed by atoms with van der Waals surface area (Å²) in [5.41, 5.74) is 3.20. The first-order valence-electron chi connectivity index (χ1n) is 6.70. The number of benzene rings is 1. The van der Waals surface area contributed by atoms with Gasteiger partial charge in [0.05, 0.1) is 5.52 Å². The van der Waals surface area contributed by atoms with Crippen molar-refractivity contribution in [1.29, 1.82) is 0 Å². The number of rotatable bonds is 4. The van der Waals surface area contributed by atoms with E-state index in [2.05, 4.69) is 35.4 Å². The highest BCUT2D eigenvalue weighted by atomic mass is 16.1. The first-order chi connectivity index (χ1) is 9.04. The fraction of sp³-hybridized carbons (Fsp3) is 0.375. The molecule has 2 rings (SSSR count). The molecular formula is C16H20N2O. The van der Waals surface area contributed by atoms with Gasteiger partial charge in [0.1, 0.15) is 0 Å². The number of amides is 1. The molecular weight excluding hydrogens is 236 g/mol. The van der Waals surface area contributed by atoms with Crippen molar-refractivity contribution in [3.63, 3.8) is 0 Å². The first-order valence-corrected chi connectivity index (χ1v) is 6.70. The molecule has 1 heterocycles. The second-order valence-corrected chi connectivity index (χ2v) is 5.22. The Morgan fingerprint density at radius 1 is 1.26 bits per heavy atom. The van der Waals surface area contributed by atoms with Crippen molar-refractivity contribution < 1.29 is 4.79 Å². The van der Waals surface area contributed by atoms with Crippen LogP contribution in [0.5, 0.6) is 0 Å². The van der Waals surface area contributed by atoms with Gasteiger partial charge in [-0.3, -0.25) is 9.78 Å². The Bertz CT molecular complexity index is 590. The smallest absolute Gasteiger partial charge is 0.220 e. The van der Waals surface area contributed by atoms with E-state index in [1.807, 2.05) is 26.0 Å². The highest BCUT2D eigenvalue weighted by Crippen LogP contribution is 2.15. The zero-order valence-electron chi connectivity index (χ0n) is 11.7. The summed E-state index contributed by atoms with van der Waals surface area (Å²) in [4.78, 5) is 16.2. The average molecular weight is 256 g/mol. The largest absolute Gasteiger partial charge is 0.354 e. The number of carbonyl (C=O) groups excluding carboxylic acids is 1. The molecule has 0 unspecified atom stereocenters. The van der Waals surface area contributed by atoms with Crippen molar-refractivity contribution in [2.45, 2.75) is 39.7 Å². The molecule has 2 aromatic rings. The standard InChI is InChI=1S/C16H20N2O/c1-11(2)17-16(19)9-7-14-6-5-13-10-12(3)4-8-15(13)18-14/h4-6,8,10-11H,7,9H2,1-3H3,(H,17,19). The zero-order valence-corrected chi connectivity index (χ0v) is 11.7. The van der Waals surface area contributed by atoms with Crippen LogP contribution in [0.15, 0.2) is 30.3 Å². The Labute approximate surface area is 114 Å². The molecule has 0 aliphatic heterocycles. The molecule has 3 nitrogen and oxygen atoms in total. The molecule has 100 valence electrons. The molecule has 19 heavy (non-hydrogen) atoms. The van der Waals surface area contributed by atoms with Crippen molar-refractivity contribution in [2.24, 2.45) is 0 Å². The third kappa shape index (κ3) is 3.78. The van der Waals surface area contributed by atoms with Crippen molar-refractivity contribution >= 4 is 16.8 Å². The number of fused-ring (bicyclic) bond motifs is 1. The molecule has 0 saturated carbocycles. The summed E-state index contributed by atoms with van der Waals surface area (Å²) < 4.78 is 0. The first kappa shape index (κ1) is 13.5. The van der Waals surface area contributed by atoms with Gasteiger partial charge in [-0.25, -0.2) is 0 Å². The maximum Gasteiger partial charge on any atom is 0.220 e. The number of aromatic nitrogens is 1. The number of hydrogen-bond donors (Lipinski definition) is 1. The molecule has 0 atom stereocenters. The van der Waals surface area contributed by atoms with Crippen LogP contribution in [0.1, 0.15) is 31.5 Å². The topological polar surface area (TPSA) is 42.0 Å². The third-order valence-electron chi connectivity index (χ3n) is 2.96. The molecule has 1 amide bonds. The monoisotopic (exact) mass is 256 g/mol. The van der Waals surface area contributed by atoms with Crippen LogP contribution >= 0.6 is 0 Å². The zero-order chi connectivity index (χ0) is 13.8. The summed E-state index contributed by atoms with van der Waals surface area (Å²) in [5, 5.41) is 4.04. The molecule has 0 fully saturated rings. The van der Waals surface area contributed by atoms with Crippen molar-refractivity contribution in [1.82, 2.24) is 10.3 Å². The quantitative estimate of drug-likeness (QED) is 0.913. The van der Waals surface area contributed by atoms with Gasteiger partial charge in [0.15, 0.2) is 0 Å². The van der Waals surface area contributed by atoms with E-state index in [0.717, 1.165) is 16.6 Å². The highest BCUT2D eigenvalue weighted by molar-refractivity contribution is 5.79. The van der Waals surface area contributed by atoms with E-state index in [9.17, 15) is 4.79 Å². The second-order valence-electron chi connectivity index (χ2n) is 5.22. The maximum atomic E-state index is 11.6. The predicted octanol–water partition coefficient (Wildman–Crippen LogP) is 3.00. The number of pyridine rings is 1. The van der Waals surface area contributed by atoms with Gasteiger partial charge in [0.2, 0.25) is 5.91 Å². The molecule has 0 bridgehead atoms. The van der Waals surface area contributed by atoms with E-state index in [-0.39, 0.29) is 11.9 Å². The van der Waals surface area contributed by atoms with Gasteiger partial charge >= 0.3 is 0 Å². The van der Waals surface area contributed by atoms with Gasteiger partial charge in [0.25, 0.3) is 0 Å². The number of hydrogen-bond acceptors (Lipinski definition) is 2. The van der Waals surface area contributed by atoms with Crippen LogP contribution in [0, 0.1) is 6.92 Å². The predicted molar refractivity (Wildman–Crippen MR) is 78.1 cm³/mol. The number of aryl methyl sites for hydroxylation is 2. The molecule has 0 spiro atoms. The summed E-state index contributed by atoms with van der Waals surface area (Å²) >= 11 is 0. The summed E-state index contributed by atoms with van der Waals surface area (Å²) in [5.74, 6) is 0.0841. The SMILES string of the molecule is Cc1ccc2nc(CCC(=O)NC(C)C)ccc2c1. The minimum Gasteiger partial charge on any atom is -0.354 e. The lowest BCUT2D eigenvalue weighted by molar-refractivity contribution is -0.121. The minimum absolute atomic E-state index is 0.0841. The van der Waals surface area contributed by atoms with Crippen LogP contribution in [0.3, 0.4) is 0 Å². The average Bonchev–Trinajstić information content (AvgIpc) is 2.35. The molecule has 0 saturated heterocycles. The van der Waals surface area contributed by atoms with E-state index in [1.54, 1.807) is 0 Å². The van der Waals surface area contributed by atoms with Crippen molar-refractivity contribution in [3.8, 4) is 0 Å². The third-order valence-corrected chi connectivity index (χ3v) is 2.96. The van der Waals surface area contributed by atoms with Gasteiger partial charge in [-0.2, -0.15) is 0 Å². The van der Waals surface area contributed by atoms with Crippen molar-refractivity contribution in [2.75, 3.05) is 0 Å². The Morgan fingerprint density at radius 2 is 2.05 bits per heavy atom. The van der Waals surface area contributed by atoms with Crippen molar-refractivity contribution in [3.05, 3.63) is 41.6 Å². The Balaban J connectivity index is 2.05. The minimum atomic E-state index is 0.0841. The molecule has 1 aromatic carbocycles. The Hall–Kier alpha value is -1.90. The fourth-order valence-corrected chi connectivity index (χ4v) is 2.06. The highest BCUT2D eigenvalue weighted by Gasteiger charge is 2.05. The molecule has 0 aliphatic rings. The van der Waals surface area contributed by atoms with E-state index in [0.29, 0.717) is 12.8 Å². The summed E-state index contributed by atoms with van der Waals surface area (Å²) in [6.07, 6.45) is 1.17. The number of nitrogens with zero attached hydrogens (tertiary/aromatic N) is 1. The second kappa shape index (κ2) is 5.83. The summed E-state index contributed by atoms with van der Waals surface area (Å²) in [6.45, 7) is 6.01. The van der Waals surface area contributed by atoms with E-state index >= 15 is 0 Å². The fourth-order valence-electron chi connectivity index (χ4n) is 2.06. The molecule has 1 N–H and O–H groups in total. The van der Waals surface area contributed by atoms with E-state index < -0.39 is 0 Å². The molecule has 1 aromatic heterocycles. The molecule has 0 aliphatic carbocycles. The van der Waals surface area contributed by atoms with Crippen LogP contribution in [-0.2, 0) is 11.2 Å². The normalized spacial score (nSPS) is 10.9. The Kier molecular flexibility index (Phi) is 4.15. The van der Waals surface area contributed by atoms with Crippen LogP contribution in [0.25, 0.3) is 10.9 Å². The van der Waals surface area contributed by atoms with E-state index in [1.165, 1.54) is 5.56 Å². The van der Waals surface area contributed by atoms with Gasteiger partial charge in [-0.05, 0) is 45.4 Å². The van der Waals surface area contributed by atoms with Gasteiger partial charge in [-0.1, -0.05) is 17.7 Å². The summed E-state index contributed by atoms with van der Waals surface area (Å²) in [6, 6.07) is 10.5. The van der Waals surface area contributed by atoms with Gasteiger partial charge in [0, 0.05) is 23.5 Å². The van der Waals surface area contributed by atoms with Crippen LogP contribution in [0.2, 0.25) is 0 Å². The maximum absolute atomic E-state index is 11.6. The van der Waals surface area contributed by atoms with Crippen LogP contribution in [-0.4, -0.2) is 16.9 Å².